The molecule has 4 nitrogen and oxygen atoms in total. The SMILES string of the molecule is CCNc1ncnc(N(CC)C(C)CC)c1C(C)C. The van der Waals surface area contributed by atoms with Crippen LogP contribution in [-0.4, -0.2) is 29.1 Å². The third kappa shape index (κ3) is 3.58. The van der Waals surface area contributed by atoms with Crippen LogP contribution in [-0.2, 0) is 0 Å². The van der Waals surface area contributed by atoms with E-state index in [0.717, 1.165) is 31.1 Å². The summed E-state index contributed by atoms with van der Waals surface area (Å²) in [5, 5.41) is 3.36. The summed E-state index contributed by atoms with van der Waals surface area (Å²) in [5.41, 5.74) is 1.23. The first-order chi connectivity index (χ1) is 9.06. The van der Waals surface area contributed by atoms with Crippen LogP contribution in [0.5, 0.6) is 0 Å². The maximum Gasteiger partial charge on any atom is 0.137 e. The van der Waals surface area contributed by atoms with Crippen LogP contribution in [0.25, 0.3) is 0 Å². The van der Waals surface area contributed by atoms with E-state index in [2.05, 4.69) is 61.7 Å². The van der Waals surface area contributed by atoms with Crippen LogP contribution in [0, 0.1) is 0 Å². The maximum atomic E-state index is 4.56. The lowest BCUT2D eigenvalue weighted by atomic mass is 10.0. The van der Waals surface area contributed by atoms with Crippen LogP contribution < -0.4 is 10.2 Å². The summed E-state index contributed by atoms with van der Waals surface area (Å²) >= 11 is 0. The minimum Gasteiger partial charge on any atom is -0.370 e. The predicted molar refractivity (Wildman–Crippen MR) is 83.1 cm³/mol. The number of rotatable bonds is 7. The van der Waals surface area contributed by atoms with Crippen LogP contribution in [0.4, 0.5) is 11.6 Å². The van der Waals surface area contributed by atoms with Crippen molar-refractivity contribution in [1.29, 1.82) is 0 Å². The minimum atomic E-state index is 0.406. The summed E-state index contributed by atoms with van der Waals surface area (Å²) in [6, 6.07) is 0.492. The molecule has 1 aromatic heterocycles. The number of aromatic nitrogens is 2. The Balaban J connectivity index is 3.28. The zero-order chi connectivity index (χ0) is 14.4. The van der Waals surface area contributed by atoms with Gasteiger partial charge in [0, 0.05) is 24.7 Å². The fraction of sp³-hybridized carbons (Fsp3) is 0.733. The summed E-state index contributed by atoms with van der Waals surface area (Å²) in [5.74, 6) is 2.46. The van der Waals surface area contributed by atoms with E-state index >= 15 is 0 Å². The van der Waals surface area contributed by atoms with Crippen molar-refractivity contribution in [3.8, 4) is 0 Å². The van der Waals surface area contributed by atoms with Gasteiger partial charge >= 0.3 is 0 Å². The number of anilines is 2. The average Bonchev–Trinajstić information content (AvgIpc) is 2.39. The van der Waals surface area contributed by atoms with Crippen molar-refractivity contribution in [2.75, 3.05) is 23.3 Å². The van der Waals surface area contributed by atoms with E-state index in [1.54, 1.807) is 6.33 Å². The Hall–Kier alpha value is -1.32. The first-order valence-corrected chi connectivity index (χ1v) is 7.42. The summed E-state index contributed by atoms with van der Waals surface area (Å²) < 4.78 is 0. The van der Waals surface area contributed by atoms with Gasteiger partial charge in [-0.05, 0) is 33.1 Å². The topological polar surface area (TPSA) is 41.1 Å². The molecule has 0 spiro atoms. The molecule has 1 atom stereocenters. The van der Waals surface area contributed by atoms with Crippen molar-refractivity contribution < 1.29 is 0 Å². The van der Waals surface area contributed by atoms with Gasteiger partial charge in [-0.15, -0.1) is 0 Å². The zero-order valence-corrected chi connectivity index (χ0v) is 13.2. The highest BCUT2D eigenvalue weighted by molar-refractivity contribution is 5.60. The van der Waals surface area contributed by atoms with Crippen LogP contribution in [0.2, 0.25) is 0 Å². The molecule has 108 valence electrons. The molecule has 0 aromatic carbocycles. The molecule has 1 unspecified atom stereocenters. The zero-order valence-electron chi connectivity index (χ0n) is 13.2. The van der Waals surface area contributed by atoms with Crippen LogP contribution in [0.1, 0.15) is 59.4 Å². The molecule has 0 fully saturated rings. The standard InChI is InChI=1S/C15H28N4/c1-7-12(6)19(9-3)15-13(11(4)5)14(16-8-2)17-10-18-15/h10-12H,7-9H2,1-6H3,(H,16,17,18). The number of hydrogen-bond donors (Lipinski definition) is 1. The van der Waals surface area contributed by atoms with E-state index in [-0.39, 0.29) is 0 Å². The van der Waals surface area contributed by atoms with Crippen molar-refractivity contribution in [2.24, 2.45) is 0 Å². The van der Waals surface area contributed by atoms with Gasteiger partial charge in [0.15, 0.2) is 0 Å². The lowest BCUT2D eigenvalue weighted by Gasteiger charge is -2.31. The van der Waals surface area contributed by atoms with E-state index in [1.165, 1.54) is 5.56 Å². The molecule has 1 rings (SSSR count). The van der Waals surface area contributed by atoms with E-state index in [0.29, 0.717) is 12.0 Å². The monoisotopic (exact) mass is 264 g/mol. The number of hydrogen-bond acceptors (Lipinski definition) is 4. The molecule has 0 aliphatic rings. The van der Waals surface area contributed by atoms with Crippen LogP contribution in [0.15, 0.2) is 6.33 Å². The Morgan fingerprint density at radius 3 is 2.32 bits per heavy atom. The van der Waals surface area contributed by atoms with Gasteiger partial charge in [0.1, 0.15) is 18.0 Å². The van der Waals surface area contributed by atoms with Gasteiger partial charge in [-0.25, -0.2) is 9.97 Å². The Morgan fingerprint density at radius 2 is 1.84 bits per heavy atom. The highest BCUT2D eigenvalue weighted by Crippen LogP contribution is 2.31. The van der Waals surface area contributed by atoms with E-state index in [4.69, 9.17) is 0 Å². The van der Waals surface area contributed by atoms with Crippen molar-refractivity contribution >= 4 is 11.6 Å². The van der Waals surface area contributed by atoms with Crippen LogP contribution in [0.3, 0.4) is 0 Å². The Labute approximate surface area is 117 Å². The fourth-order valence-corrected chi connectivity index (χ4v) is 2.35. The highest BCUT2D eigenvalue weighted by atomic mass is 15.2. The van der Waals surface area contributed by atoms with E-state index < -0.39 is 0 Å². The van der Waals surface area contributed by atoms with Gasteiger partial charge in [-0.2, -0.15) is 0 Å². The van der Waals surface area contributed by atoms with E-state index in [9.17, 15) is 0 Å². The Morgan fingerprint density at radius 1 is 1.16 bits per heavy atom. The molecular formula is C15H28N4. The molecule has 1 heterocycles. The van der Waals surface area contributed by atoms with Crippen molar-refractivity contribution in [3.63, 3.8) is 0 Å². The van der Waals surface area contributed by atoms with Crippen molar-refractivity contribution in [2.45, 2.75) is 59.9 Å². The maximum absolute atomic E-state index is 4.56. The summed E-state index contributed by atoms with van der Waals surface area (Å²) in [7, 11) is 0. The molecule has 0 radical (unpaired) electrons. The van der Waals surface area contributed by atoms with Crippen molar-refractivity contribution in [1.82, 2.24) is 9.97 Å². The highest BCUT2D eigenvalue weighted by Gasteiger charge is 2.21. The average molecular weight is 264 g/mol. The third-order valence-corrected chi connectivity index (χ3v) is 3.52. The second kappa shape index (κ2) is 7.31. The van der Waals surface area contributed by atoms with Gasteiger partial charge in [0.05, 0.1) is 0 Å². The molecule has 1 aromatic rings. The molecule has 4 heteroatoms. The first kappa shape index (κ1) is 15.7. The molecular weight excluding hydrogens is 236 g/mol. The molecule has 0 bridgehead atoms. The molecule has 0 aliphatic heterocycles. The third-order valence-electron chi connectivity index (χ3n) is 3.52. The minimum absolute atomic E-state index is 0.406. The first-order valence-electron chi connectivity index (χ1n) is 7.42. The van der Waals surface area contributed by atoms with Gasteiger partial charge < -0.3 is 10.2 Å². The molecule has 0 amide bonds. The number of nitrogens with one attached hydrogen (secondary N) is 1. The second-order valence-electron chi connectivity index (χ2n) is 5.19. The van der Waals surface area contributed by atoms with Gasteiger partial charge in [0.25, 0.3) is 0 Å². The lowest BCUT2D eigenvalue weighted by molar-refractivity contribution is 0.616. The van der Waals surface area contributed by atoms with Gasteiger partial charge in [0.2, 0.25) is 0 Å². The van der Waals surface area contributed by atoms with Crippen molar-refractivity contribution in [3.05, 3.63) is 11.9 Å². The smallest absolute Gasteiger partial charge is 0.137 e. The summed E-state index contributed by atoms with van der Waals surface area (Å²) in [6.45, 7) is 15.0. The molecule has 0 aliphatic carbocycles. The Bertz CT molecular complexity index is 390. The van der Waals surface area contributed by atoms with Crippen LogP contribution >= 0.6 is 0 Å². The summed E-state index contributed by atoms with van der Waals surface area (Å²) in [6.07, 6.45) is 2.79. The number of nitrogens with zero attached hydrogens (tertiary/aromatic N) is 3. The molecule has 1 N–H and O–H groups in total. The largest absolute Gasteiger partial charge is 0.370 e. The quantitative estimate of drug-likeness (QED) is 0.816. The lowest BCUT2D eigenvalue weighted by Crippen LogP contribution is -2.34. The van der Waals surface area contributed by atoms with Gasteiger partial charge in [-0.1, -0.05) is 20.8 Å². The predicted octanol–water partition coefficient (Wildman–Crippen LogP) is 3.66. The summed E-state index contributed by atoms with van der Waals surface area (Å²) in [4.78, 5) is 11.3. The molecule has 19 heavy (non-hydrogen) atoms. The van der Waals surface area contributed by atoms with E-state index in [1.807, 2.05) is 0 Å². The molecule has 0 saturated heterocycles. The molecule has 0 saturated carbocycles. The fourth-order valence-electron chi connectivity index (χ4n) is 2.35. The van der Waals surface area contributed by atoms with Gasteiger partial charge in [-0.3, -0.25) is 0 Å². The Kier molecular flexibility index (Phi) is 6.06. The normalized spacial score (nSPS) is 12.6. The second-order valence-corrected chi connectivity index (χ2v) is 5.19.